The van der Waals surface area contributed by atoms with E-state index in [9.17, 15) is 14.0 Å². The molecule has 0 atom stereocenters. The molecule has 0 radical (unpaired) electrons. The van der Waals surface area contributed by atoms with Crippen molar-refractivity contribution in [1.82, 2.24) is 14.9 Å². The number of hydrogen-bond acceptors (Lipinski definition) is 7. The van der Waals surface area contributed by atoms with Gasteiger partial charge in [-0.15, -0.1) is 0 Å². The number of fused-ring (bicyclic) bond motifs is 2. The topological polar surface area (TPSA) is 106 Å². The third-order valence-corrected chi connectivity index (χ3v) is 7.88. The number of hydrogen-bond donors (Lipinski definition) is 2. The number of aromatic nitrogens is 2. The van der Waals surface area contributed by atoms with E-state index in [1.54, 1.807) is 32.4 Å². The van der Waals surface area contributed by atoms with Crippen molar-refractivity contribution in [1.29, 1.82) is 0 Å². The lowest BCUT2D eigenvalue weighted by molar-refractivity contribution is 0.102. The zero-order valence-corrected chi connectivity index (χ0v) is 25.0. The second-order valence-corrected chi connectivity index (χ2v) is 10.8. The molecule has 9 nitrogen and oxygen atoms in total. The van der Waals surface area contributed by atoms with Crippen LogP contribution in [0.5, 0.6) is 11.5 Å². The number of para-hydroxylation sites is 2. The van der Waals surface area contributed by atoms with Crippen LogP contribution in [0.4, 0.5) is 15.8 Å². The van der Waals surface area contributed by atoms with Gasteiger partial charge in [-0.25, -0.2) is 9.37 Å². The Morgan fingerprint density at radius 2 is 1.60 bits per heavy atom. The lowest BCUT2D eigenvalue weighted by Crippen LogP contribution is -2.32. The van der Waals surface area contributed by atoms with Gasteiger partial charge < -0.3 is 20.1 Å². The Balaban J connectivity index is 1.08. The molecular formula is C35H32FN5O4. The molecule has 0 spiro atoms. The second kappa shape index (κ2) is 13.1. The SMILES string of the molecule is COc1cc2c(cc1OC)CN(CCc1ccc(NC(=O)c3cc(F)ccc3NC(=O)c3cnc4ccccc4n3)cc1)CC2. The molecular weight excluding hydrogens is 573 g/mol. The highest BCUT2D eigenvalue weighted by molar-refractivity contribution is 6.12. The summed E-state index contributed by atoms with van der Waals surface area (Å²) < 4.78 is 25.1. The normalized spacial score (nSPS) is 12.8. The molecule has 2 amide bonds. The van der Waals surface area contributed by atoms with E-state index in [-0.39, 0.29) is 16.9 Å². The van der Waals surface area contributed by atoms with Crippen LogP contribution in [-0.2, 0) is 19.4 Å². The Morgan fingerprint density at radius 3 is 2.36 bits per heavy atom. The average molecular weight is 606 g/mol. The molecule has 228 valence electrons. The maximum absolute atomic E-state index is 14.2. The number of nitrogens with one attached hydrogen (secondary N) is 2. The van der Waals surface area contributed by atoms with E-state index in [4.69, 9.17) is 9.47 Å². The first-order valence-corrected chi connectivity index (χ1v) is 14.6. The minimum atomic E-state index is -0.600. The Labute approximate surface area is 260 Å². The molecule has 2 N–H and O–H groups in total. The van der Waals surface area contributed by atoms with Crippen LogP contribution in [0, 0.1) is 5.82 Å². The molecule has 6 rings (SSSR count). The van der Waals surface area contributed by atoms with Crippen LogP contribution < -0.4 is 20.1 Å². The molecule has 5 aromatic rings. The van der Waals surface area contributed by atoms with Crippen LogP contribution in [0.2, 0.25) is 0 Å². The summed E-state index contributed by atoms with van der Waals surface area (Å²) in [6.07, 6.45) is 3.15. The number of halogens is 1. The number of rotatable bonds is 9. The monoisotopic (exact) mass is 605 g/mol. The van der Waals surface area contributed by atoms with E-state index >= 15 is 0 Å². The molecule has 4 aromatic carbocycles. The van der Waals surface area contributed by atoms with Crippen molar-refractivity contribution < 1.29 is 23.5 Å². The average Bonchev–Trinajstić information content (AvgIpc) is 3.07. The summed E-state index contributed by atoms with van der Waals surface area (Å²) in [5, 5.41) is 5.48. The van der Waals surface area contributed by atoms with Crippen molar-refractivity contribution in [3.05, 3.63) is 119 Å². The van der Waals surface area contributed by atoms with Crippen LogP contribution in [0.1, 0.15) is 37.5 Å². The molecule has 1 aromatic heterocycles. The van der Waals surface area contributed by atoms with Gasteiger partial charge in [0, 0.05) is 25.3 Å². The lowest BCUT2D eigenvalue weighted by Gasteiger charge is -2.29. The van der Waals surface area contributed by atoms with Gasteiger partial charge in [0.05, 0.1) is 42.7 Å². The fourth-order valence-electron chi connectivity index (χ4n) is 5.44. The van der Waals surface area contributed by atoms with Gasteiger partial charge in [0.1, 0.15) is 11.5 Å². The minimum Gasteiger partial charge on any atom is -0.493 e. The highest BCUT2D eigenvalue weighted by Crippen LogP contribution is 2.33. The van der Waals surface area contributed by atoms with E-state index in [1.165, 1.54) is 29.5 Å². The zero-order chi connectivity index (χ0) is 31.3. The molecule has 45 heavy (non-hydrogen) atoms. The lowest BCUT2D eigenvalue weighted by atomic mass is 9.98. The summed E-state index contributed by atoms with van der Waals surface area (Å²) in [5.74, 6) is -0.221. The van der Waals surface area contributed by atoms with Gasteiger partial charge in [-0.05, 0) is 84.1 Å². The van der Waals surface area contributed by atoms with E-state index in [2.05, 4.69) is 37.6 Å². The van der Waals surface area contributed by atoms with Crippen molar-refractivity contribution in [2.45, 2.75) is 19.4 Å². The molecule has 0 saturated carbocycles. The standard InChI is InChI=1S/C35H32FN5O4/c1-44-32-17-23-14-16-41(21-24(23)18-33(32)45-2)15-13-22-7-10-26(11-8-22)38-34(42)27-19-25(36)9-12-28(27)40-35(43)31-20-37-29-5-3-4-6-30(29)39-31/h3-12,17-20H,13-16,21H2,1-2H3,(H,38,42)(H,40,43). The van der Waals surface area contributed by atoms with Crippen molar-refractivity contribution in [2.75, 3.05) is 37.9 Å². The van der Waals surface area contributed by atoms with E-state index in [0.717, 1.165) is 55.6 Å². The van der Waals surface area contributed by atoms with Gasteiger partial charge in [0.25, 0.3) is 11.8 Å². The highest BCUT2D eigenvalue weighted by atomic mass is 19.1. The maximum atomic E-state index is 14.2. The third kappa shape index (κ3) is 6.76. The number of amides is 2. The molecule has 10 heteroatoms. The molecule has 2 heterocycles. The van der Waals surface area contributed by atoms with Gasteiger partial charge in [-0.3, -0.25) is 19.5 Å². The molecule has 0 fully saturated rings. The molecule has 0 saturated heterocycles. The fraction of sp³-hybridized carbons (Fsp3) is 0.200. The summed E-state index contributed by atoms with van der Waals surface area (Å²) in [5.41, 5.74) is 5.65. The largest absolute Gasteiger partial charge is 0.493 e. The van der Waals surface area contributed by atoms with E-state index < -0.39 is 17.6 Å². The molecule has 0 unspecified atom stereocenters. The van der Waals surface area contributed by atoms with Crippen LogP contribution in [0.25, 0.3) is 11.0 Å². The summed E-state index contributed by atoms with van der Waals surface area (Å²) in [6.45, 7) is 2.67. The summed E-state index contributed by atoms with van der Waals surface area (Å²) in [4.78, 5) is 37.2. The molecule has 0 aliphatic carbocycles. The second-order valence-electron chi connectivity index (χ2n) is 10.8. The Kier molecular flexibility index (Phi) is 8.65. The Bertz CT molecular complexity index is 1880. The van der Waals surface area contributed by atoms with Gasteiger partial charge in [0.15, 0.2) is 11.5 Å². The summed E-state index contributed by atoms with van der Waals surface area (Å²) in [6, 6.07) is 22.5. The van der Waals surface area contributed by atoms with E-state index in [0.29, 0.717) is 16.7 Å². The van der Waals surface area contributed by atoms with Crippen molar-refractivity contribution in [3.8, 4) is 11.5 Å². The van der Waals surface area contributed by atoms with Crippen LogP contribution in [0.3, 0.4) is 0 Å². The Hall–Kier alpha value is -5.35. The van der Waals surface area contributed by atoms with Gasteiger partial charge in [-0.2, -0.15) is 0 Å². The highest BCUT2D eigenvalue weighted by Gasteiger charge is 2.20. The number of carbonyl (C=O) groups excluding carboxylic acids is 2. The first-order valence-electron chi connectivity index (χ1n) is 14.6. The molecule has 1 aliphatic heterocycles. The Morgan fingerprint density at radius 1 is 0.867 bits per heavy atom. The van der Waals surface area contributed by atoms with Gasteiger partial charge in [0.2, 0.25) is 0 Å². The smallest absolute Gasteiger partial charge is 0.275 e. The van der Waals surface area contributed by atoms with E-state index in [1.807, 2.05) is 30.3 Å². The first kappa shape index (κ1) is 29.7. The number of nitrogens with zero attached hydrogens (tertiary/aromatic N) is 3. The summed E-state index contributed by atoms with van der Waals surface area (Å²) >= 11 is 0. The van der Waals surface area contributed by atoms with Crippen LogP contribution in [-0.4, -0.2) is 54.0 Å². The summed E-state index contributed by atoms with van der Waals surface area (Å²) in [7, 11) is 3.30. The number of carbonyl (C=O) groups is 2. The van der Waals surface area contributed by atoms with Crippen molar-refractivity contribution in [3.63, 3.8) is 0 Å². The fourth-order valence-corrected chi connectivity index (χ4v) is 5.44. The first-order chi connectivity index (χ1) is 21.9. The predicted molar refractivity (Wildman–Crippen MR) is 171 cm³/mol. The van der Waals surface area contributed by atoms with Crippen molar-refractivity contribution in [2.24, 2.45) is 0 Å². The molecule has 1 aliphatic rings. The quantitative estimate of drug-likeness (QED) is 0.216. The number of benzene rings is 4. The maximum Gasteiger partial charge on any atom is 0.275 e. The van der Waals surface area contributed by atoms with Crippen LogP contribution >= 0.6 is 0 Å². The number of methoxy groups -OCH3 is 2. The third-order valence-electron chi connectivity index (χ3n) is 7.88. The van der Waals surface area contributed by atoms with Gasteiger partial charge in [-0.1, -0.05) is 24.3 Å². The van der Waals surface area contributed by atoms with Gasteiger partial charge >= 0.3 is 0 Å². The number of ether oxygens (including phenoxy) is 2. The molecule has 0 bridgehead atoms. The minimum absolute atomic E-state index is 0.0131. The zero-order valence-electron chi connectivity index (χ0n) is 25.0. The predicted octanol–water partition coefficient (Wildman–Crippen LogP) is 5.89. The number of anilines is 2. The van der Waals surface area contributed by atoms with Crippen LogP contribution in [0.15, 0.2) is 85.1 Å². The van der Waals surface area contributed by atoms with Crippen molar-refractivity contribution >= 4 is 34.2 Å².